The van der Waals surface area contributed by atoms with Crippen LogP contribution in [0.5, 0.6) is 0 Å². The standard InChI is InChI=1S/C16H23N3/c1-16(2,3)19-10-8-18(9-11-19)13-15-6-4-14(12-17)5-7-15/h4-7H,8-11,13H2,1-3H3. The first-order valence-corrected chi connectivity index (χ1v) is 6.95. The average molecular weight is 257 g/mol. The Hall–Kier alpha value is -1.37. The molecule has 1 aromatic carbocycles. The maximum atomic E-state index is 8.79. The van der Waals surface area contributed by atoms with E-state index in [2.05, 4.69) is 48.8 Å². The minimum atomic E-state index is 0.278. The molecule has 0 aliphatic carbocycles. The Labute approximate surface area is 116 Å². The number of piperazine rings is 1. The lowest BCUT2D eigenvalue weighted by Crippen LogP contribution is -2.53. The molecular formula is C16H23N3. The van der Waals surface area contributed by atoms with Crippen LogP contribution in [0.1, 0.15) is 31.9 Å². The van der Waals surface area contributed by atoms with E-state index in [0.717, 1.165) is 38.3 Å². The molecule has 1 heterocycles. The summed E-state index contributed by atoms with van der Waals surface area (Å²) in [5.41, 5.74) is 2.31. The van der Waals surface area contributed by atoms with Crippen molar-refractivity contribution in [3.05, 3.63) is 35.4 Å². The van der Waals surface area contributed by atoms with Crippen molar-refractivity contribution in [2.45, 2.75) is 32.9 Å². The van der Waals surface area contributed by atoms with Crippen LogP contribution in [0.4, 0.5) is 0 Å². The van der Waals surface area contributed by atoms with Gasteiger partial charge in [0.15, 0.2) is 0 Å². The SMILES string of the molecule is CC(C)(C)N1CCN(Cc2ccc(C#N)cc2)CC1. The van der Waals surface area contributed by atoms with E-state index in [1.165, 1.54) is 5.56 Å². The van der Waals surface area contributed by atoms with E-state index in [9.17, 15) is 0 Å². The molecule has 1 aliphatic rings. The third-order valence-corrected chi connectivity index (χ3v) is 3.81. The second kappa shape index (κ2) is 5.73. The second-order valence-corrected chi connectivity index (χ2v) is 6.24. The third-order valence-electron chi connectivity index (χ3n) is 3.81. The highest BCUT2D eigenvalue weighted by molar-refractivity contribution is 5.31. The van der Waals surface area contributed by atoms with Crippen molar-refractivity contribution in [1.82, 2.24) is 9.80 Å². The fourth-order valence-electron chi connectivity index (χ4n) is 2.52. The number of nitrogens with zero attached hydrogens (tertiary/aromatic N) is 3. The minimum Gasteiger partial charge on any atom is -0.297 e. The largest absolute Gasteiger partial charge is 0.297 e. The molecule has 0 spiro atoms. The van der Waals surface area contributed by atoms with Gasteiger partial charge in [0, 0.05) is 38.3 Å². The molecule has 3 nitrogen and oxygen atoms in total. The lowest BCUT2D eigenvalue weighted by atomic mass is 10.0. The van der Waals surface area contributed by atoms with Crippen LogP contribution in [0.2, 0.25) is 0 Å². The summed E-state index contributed by atoms with van der Waals surface area (Å²) in [6.45, 7) is 12.4. The van der Waals surface area contributed by atoms with Gasteiger partial charge in [-0.2, -0.15) is 5.26 Å². The topological polar surface area (TPSA) is 30.3 Å². The van der Waals surface area contributed by atoms with Gasteiger partial charge in [-0.3, -0.25) is 9.80 Å². The summed E-state index contributed by atoms with van der Waals surface area (Å²) in [7, 11) is 0. The molecule has 1 saturated heterocycles. The van der Waals surface area contributed by atoms with Crippen molar-refractivity contribution < 1.29 is 0 Å². The van der Waals surface area contributed by atoms with Crippen LogP contribution < -0.4 is 0 Å². The zero-order valence-corrected chi connectivity index (χ0v) is 12.2. The molecule has 0 aromatic heterocycles. The van der Waals surface area contributed by atoms with Crippen LogP contribution in [-0.2, 0) is 6.54 Å². The molecule has 0 atom stereocenters. The van der Waals surface area contributed by atoms with Gasteiger partial charge in [0.05, 0.1) is 11.6 Å². The smallest absolute Gasteiger partial charge is 0.0991 e. The van der Waals surface area contributed by atoms with E-state index in [4.69, 9.17) is 5.26 Å². The molecule has 0 N–H and O–H groups in total. The van der Waals surface area contributed by atoms with Crippen molar-refractivity contribution in [3.8, 4) is 6.07 Å². The summed E-state index contributed by atoms with van der Waals surface area (Å²) < 4.78 is 0. The summed E-state index contributed by atoms with van der Waals surface area (Å²) in [5, 5.41) is 8.79. The van der Waals surface area contributed by atoms with Gasteiger partial charge in [0.25, 0.3) is 0 Å². The molecule has 3 heteroatoms. The van der Waals surface area contributed by atoms with E-state index in [1.54, 1.807) is 0 Å². The Morgan fingerprint density at radius 1 is 1.05 bits per heavy atom. The Bertz CT molecular complexity index is 442. The van der Waals surface area contributed by atoms with Crippen LogP contribution in [0.25, 0.3) is 0 Å². The quantitative estimate of drug-likeness (QED) is 0.815. The fraction of sp³-hybridized carbons (Fsp3) is 0.562. The van der Waals surface area contributed by atoms with Gasteiger partial charge >= 0.3 is 0 Å². The highest BCUT2D eigenvalue weighted by atomic mass is 15.3. The number of hydrogen-bond acceptors (Lipinski definition) is 3. The van der Waals surface area contributed by atoms with Crippen LogP contribution in [0.3, 0.4) is 0 Å². The minimum absolute atomic E-state index is 0.278. The highest BCUT2D eigenvalue weighted by Crippen LogP contribution is 2.17. The third kappa shape index (κ3) is 3.79. The van der Waals surface area contributed by atoms with Crippen LogP contribution in [0, 0.1) is 11.3 Å². The van der Waals surface area contributed by atoms with Crippen LogP contribution in [0.15, 0.2) is 24.3 Å². The Kier molecular flexibility index (Phi) is 4.24. The Morgan fingerprint density at radius 2 is 1.63 bits per heavy atom. The summed E-state index contributed by atoms with van der Waals surface area (Å²) >= 11 is 0. The summed E-state index contributed by atoms with van der Waals surface area (Å²) in [6, 6.07) is 10.1. The highest BCUT2D eigenvalue weighted by Gasteiger charge is 2.25. The number of benzene rings is 1. The molecule has 0 bridgehead atoms. The normalized spacial score (nSPS) is 18.2. The van der Waals surface area contributed by atoms with E-state index in [1.807, 2.05) is 12.1 Å². The number of hydrogen-bond donors (Lipinski definition) is 0. The van der Waals surface area contributed by atoms with Crippen molar-refractivity contribution >= 4 is 0 Å². The fourth-order valence-corrected chi connectivity index (χ4v) is 2.52. The molecule has 102 valence electrons. The Morgan fingerprint density at radius 3 is 2.11 bits per heavy atom. The molecule has 1 aromatic rings. The zero-order chi connectivity index (χ0) is 13.9. The van der Waals surface area contributed by atoms with Gasteiger partial charge in [0.1, 0.15) is 0 Å². The number of rotatable bonds is 2. The van der Waals surface area contributed by atoms with Crippen LogP contribution in [-0.4, -0.2) is 41.5 Å². The molecule has 0 saturated carbocycles. The molecule has 1 fully saturated rings. The van der Waals surface area contributed by atoms with Crippen molar-refractivity contribution in [2.75, 3.05) is 26.2 Å². The van der Waals surface area contributed by atoms with E-state index in [0.29, 0.717) is 0 Å². The molecule has 2 rings (SSSR count). The molecule has 1 aliphatic heterocycles. The average Bonchev–Trinajstić information content (AvgIpc) is 2.39. The number of nitriles is 1. The van der Waals surface area contributed by atoms with Gasteiger partial charge in [-0.1, -0.05) is 12.1 Å². The van der Waals surface area contributed by atoms with E-state index >= 15 is 0 Å². The summed E-state index contributed by atoms with van der Waals surface area (Å²) in [5.74, 6) is 0. The monoisotopic (exact) mass is 257 g/mol. The predicted octanol–water partition coefficient (Wildman–Crippen LogP) is 2.47. The molecule has 0 radical (unpaired) electrons. The van der Waals surface area contributed by atoms with Crippen molar-refractivity contribution in [3.63, 3.8) is 0 Å². The maximum Gasteiger partial charge on any atom is 0.0991 e. The van der Waals surface area contributed by atoms with E-state index < -0.39 is 0 Å². The lowest BCUT2D eigenvalue weighted by molar-refractivity contribution is 0.0591. The predicted molar refractivity (Wildman–Crippen MR) is 77.8 cm³/mol. The molecular weight excluding hydrogens is 234 g/mol. The van der Waals surface area contributed by atoms with Gasteiger partial charge in [-0.05, 0) is 38.5 Å². The molecule has 0 amide bonds. The Balaban J connectivity index is 1.87. The van der Waals surface area contributed by atoms with Gasteiger partial charge in [-0.15, -0.1) is 0 Å². The first-order valence-electron chi connectivity index (χ1n) is 6.95. The van der Waals surface area contributed by atoms with Gasteiger partial charge in [-0.25, -0.2) is 0 Å². The first kappa shape index (κ1) is 14.0. The van der Waals surface area contributed by atoms with Crippen molar-refractivity contribution in [1.29, 1.82) is 5.26 Å². The molecule has 0 unspecified atom stereocenters. The summed E-state index contributed by atoms with van der Waals surface area (Å²) in [6.07, 6.45) is 0. The summed E-state index contributed by atoms with van der Waals surface area (Å²) in [4.78, 5) is 5.03. The maximum absolute atomic E-state index is 8.79. The first-order chi connectivity index (χ1) is 8.99. The van der Waals surface area contributed by atoms with Gasteiger partial charge in [0.2, 0.25) is 0 Å². The van der Waals surface area contributed by atoms with Crippen LogP contribution >= 0.6 is 0 Å². The van der Waals surface area contributed by atoms with Gasteiger partial charge < -0.3 is 0 Å². The van der Waals surface area contributed by atoms with E-state index in [-0.39, 0.29) is 5.54 Å². The second-order valence-electron chi connectivity index (χ2n) is 6.24. The molecule has 19 heavy (non-hydrogen) atoms. The lowest BCUT2D eigenvalue weighted by Gasteiger charge is -2.42. The van der Waals surface area contributed by atoms with Crippen molar-refractivity contribution in [2.24, 2.45) is 0 Å². The zero-order valence-electron chi connectivity index (χ0n) is 12.2.